The molecule has 20 heavy (non-hydrogen) atoms. The van der Waals surface area contributed by atoms with Gasteiger partial charge in [-0.2, -0.15) is 0 Å². The number of piperidine rings is 1. The molecule has 2 rings (SSSR count). The summed E-state index contributed by atoms with van der Waals surface area (Å²) in [5, 5.41) is 0. The Morgan fingerprint density at radius 2 is 2.10 bits per heavy atom. The van der Waals surface area contributed by atoms with E-state index in [0.717, 1.165) is 31.7 Å². The molecule has 0 aromatic carbocycles. The average molecular weight is 279 g/mol. The van der Waals surface area contributed by atoms with Crippen molar-refractivity contribution in [3.63, 3.8) is 0 Å². The minimum absolute atomic E-state index is 0.147. The standard InChI is InChI=1S/C16H29N3O/c1-4-8-19-9-6-16(13-17,7-10-19)18(3)12-15-5-11-20-14(15)2/h5,11H,4,6-10,12-13,17H2,1-3H3. The summed E-state index contributed by atoms with van der Waals surface area (Å²) in [6, 6.07) is 2.07. The highest BCUT2D eigenvalue weighted by molar-refractivity contribution is 5.16. The van der Waals surface area contributed by atoms with Gasteiger partial charge in [0.2, 0.25) is 0 Å². The Morgan fingerprint density at radius 1 is 1.40 bits per heavy atom. The van der Waals surface area contributed by atoms with E-state index in [4.69, 9.17) is 10.2 Å². The van der Waals surface area contributed by atoms with Crippen LogP contribution in [0.25, 0.3) is 0 Å². The number of hydrogen-bond donors (Lipinski definition) is 1. The van der Waals surface area contributed by atoms with E-state index in [0.29, 0.717) is 0 Å². The molecule has 0 spiro atoms. The molecule has 1 aromatic rings. The molecule has 0 atom stereocenters. The van der Waals surface area contributed by atoms with E-state index in [1.54, 1.807) is 6.26 Å². The zero-order chi connectivity index (χ0) is 14.6. The van der Waals surface area contributed by atoms with Crippen molar-refractivity contribution in [1.29, 1.82) is 0 Å². The lowest BCUT2D eigenvalue weighted by atomic mass is 9.85. The zero-order valence-electron chi connectivity index (χ0n) is 13.2. The van der Waals surface area contributed by atoms with E-state index in [9.17, 15) is 0 Å². The third-order valence-electron chi connectivity index (χ3n) is 4.89. The summed E-state index contributed by atoms with van der Waals surface area (Å²) in [4.78, 5) is 5.00. The average Bonchev–Trinajstić information content (AvgIpc) is 2.86. The van der Waals surface area contributed by atoms with Gasteiger partial charge in [-0.15, -0.1) is 0 Å². The van der Waals surface area contributed by atoms with Gasteiger partial charge in [0, 0.05) is 24.2 Å². The Bertz CT molecular complexity index is 408. The maximum Gasteiger partial charge on any atom is 0.105 e. The van der Waals surface area contributed by atoms with Crippen LogP contribution in [0.15, 0.2) is 16.7 Å². The summed E-state index contributed by atoms with van der Waals surface area (Å²) in [6.45, 7) is 9.49. The van der Waals surface area contributed by atoms with Crippen molar-refractivity contribution in [3.05, 3.63) is 23.7 Å². The fourth-order valence-electron chi connectivity index (χ4n) is 3.25. The zero-order valence-corrected chi connectivity index (χ0v) is 13.2. The Labute approximate surface area is 122 Å². The van der Waals surface area contributed by atoms with Gasteiger partial charge in [0.05, 0.1) is 6.26 Å². The Hall–Kier alpha value is -0.840. The predicted octanol–water partition coefficient (Wildman–Crippen LogP) is 2.22. The molecule has 1 aliphatic rings. The van der Waals surface area contributed by atoms with Crippen LogP contribution in [0, 0.1) is 6.92 Å². The molecule has 0 bridgehead atoms. The number of nitrogens with zero attached hydrogens (tertiary/aromatic N) is 2. The van der Waals surface area contributed by atoms with Gasteiger partial charge in [0.1, 0.15) is 5.76 Å². The third kappa shape index (κ3) is 3.25. The van der Waals surface area contributed by atoms with Crippen molar-refractivity contribution in [2.75, 3.05) is 33.2 Å². The molecule has 0 unspecified atom stereocenters. The first kappa shape index (κ1) is 15.5. The lowest BCUT2D eigenvalue weighted by Gasteiger charge is -2.47. The number of rotatable bonds is 6. The van der Waals surface area contributed by atoms with Gasteiger partial charge in [-0.3, -0.25) is 4.90 Å². The molecule has 0 amide bonds. The Balaban J connectivity index is 1.99. The molecule has 0 radical (unpaired) electrons. The van der Waals surface area contributed by atoms with Crippen molar-refractivity contribution in [2.45, 2.75) is 45.2 Å². The monoisotopic (exact) mass is 279 g/mol. The molecule has 0 saturated carbocycles. The van der Waals surface area contributed by atoms with Crippen molar-refractivity contribution < 1.29 is 4.42 Å². The summed E-state index contributed by atoms with van der Waals surface area (Å²) in [6.07, 6.45) is 5.34. The van der Waals surface area contributed by atoms with Gasteiger partial charge in [-0.1, -0.05) is 6.92 Å². The van der Waals surface area contributed by atoms with Crippen LogP contribution in [0.3, 0.4) is 0 Å². The highest BCUT2D eigenvalue weighted by Crippen LogP contribution is 2.29. The first-order valence-electron chi connectivity index (χ1n) is 7.78. The van der Waals surface area contributed by atoms with Crippen LogP contribution in [-0.4, -0.2) is 48.6 Å². The summed E-state index contributed by atoms with van der Waals surface area (Å²) >= 11 is 0. The summed E-state index contributed by atoms with van der Waals surface area (Å²) in [5.41, 5.74) is 7.56. The summed E-state index contributed by atoms with van der Waals surface area (Å²) in [7, 11) is 2.20. The Kier molecular flexibility index (Phi) is 5.24. The van der Waals surface area contributed by atoms with Crippen molar-refractivity contribution in [2.24, 2.45) is 5.73 Å². The second-order valence-corrected chi connectivity index (χ2v) is 6.13. The van der Waals surface area contributed by atoms with Crippen LogP contribution in [0.2, 0.25) is 0 Å². The number of nitrogens with two attached hydrogens (primary N) is 1. The maximum atomic E-state index is 6.14. The largest absolute Gasteiger partial charge is 0.469 e. The van der Waals surface area contributed by atoms with Crippen LogP contribution in [0.1, 0.15) is 37.5 Å². The minimum Gasteiger partial charge on any atom is -0.469 e. The first-order valence-corrected chi connectivity index (χ1v) is 7.78. The van der Waals surface area contributed by atoms with Gasteiger partial charge in [0.25, 0.3) is 0 Å². The van der Waals surface area contributed by atoms with E-state index >= 15 is 0 Å². The molecular formula is C16H29N3O. The lowest BCUT2D eigenvalue weighted by molar-refractivity contribution is 0.0399. The fraction of sp³-hybridized carbons (Fsp3) is 0.750. The topological polar surface area (TPSA) is 45.6 Å². The van der Waals surface area contributed by atoms with Crippen molar-refractivity contribution >= 4 is 0 Å². The van der Waals surface area contributed by atoms with E-state index in [2.05, 4.69) is 29.8 Å². The summed E-state index contributed by atoms with van der Waals surface area (Å²) < 4.78 is 5.40. The lowest BCUT2D eigenvalue weighted by Crippen LogP contribution is -2.57. The molecule has 1 aliphatic heterocycles. The molecule has 0 aliphatic carbocycles. The first-order chi connectivity index (χ1) is 9.61. The number of likely N-dealkylation sites (N-methyl/N-ethyl adjacent to an activating group) is 1. The maximum absolute atomic E-state index is 6.14. The van der Waals surface area contributed by atoms with Gasteiger partial charge in [-0.25, -0.2) is 0 Å². The second-order valence-electron chi connectivity index (χ2n) is 6.13. The van der Waals surface area contributed by atoms with Crippen LogP contribution in [0.4, 0.5) is 0 Å². The van der Waals surface area contributed by atoms with Gasteiger partial charge < -0.3 is 15.1 Å². The molecule has 4 heteroatoms. The molecule has 1 fully saturated rings. The molecule has 114 valence electrons. The fourth-order valence-corrected chi connectivity index (χ4v) is 3.25. The molecule has 1 aromatic heterocycles. The van der Waals surface area contributed by atoms with Gasteiger partial charge >= 0.3 is 0 Å². The van der Waals surface area contributed by atoms with E-state index in [1.807, 2.05) is 6.92 Å². The van der Waals surface area contributed by atoms with Crippen molar-refractivity contribution in [1.82, 2.24) is 9.80 Å². The quantitative estimate of drug-likeness (QED) is 0.867. The van der Waals surface area contributed by atoms with Crippen molar-refractivity contribution in [3.8, 4) is 0 Å². The molecule has 1 saturated heterocycles. The summed E-state index contributed by atoms with van der Waals surface area (Å²) in [5.74, 6) is 1.02. The number of likely N-dealkylation sites (tertiary alicyclic amines) is 1. The SMILES string of the molecule is CCCN1CCC(CN)(N(C)Cc2ccoc2C)CC1. The highest BCUT2D eigenvalue weighted by Gasteiger charge is 2.36. The van der Waals surface area contributed by atoms with Gasteiger partial charge in [-0.05, 0) is 58.9 Å². The van der Waals surface area contributed by atoms with E-state index in [-0.39, 0.29) is 5.54 Å². The van der Waals surface area contributed by atoms with E-state index < -0.39 is 0 Å². The minimum atomic E-state index is 0.147. The number of furan rings is 1. The normalized spacial score (nSPS) is 19.6. The van der Waals surface area contributed by atoms with Gasteiger partial charge in [0.15, 0.2) is 0 Å². The molecular weight excluding hydrogens is 250 g/mol. The van der Waals surface area contributed by atoms with Crippen LogP contribution in [0.5, 0.6) is 0 Å². The van der Waals surface area contributed by atoms with Crippen LogP contribution in [-0.2, 0) is 6.54 Å². The van der Waals surface area contributed by atoms with Crippen LogP contribution >= 0.6 is 0 Å². The third-order valence-corrected chi connectivity index (χ3v) is 4.89. The predicted molar refractivity (Wildman–Crippen MR) is 82.7 cm³/mol. The highest BCUT2D eigenvalue weighted by atomic mass is 16.3. The number of aryl methyl sites for hydroxylation is 1. The second kappa shape index (κ2) is 6.74. The number of hydrogen-bond acceptors (Lipinski definition) is 4. The van der Waals surface area contributed by atoms with E-state index in [1.165, 1.54) is 31.6 Å². The smallest absolute Gasteiger partial charge is 0.105 e. The molecule has 2 N–H and O–H groups in total. The Morgan fingerprint density at radius 3 is 2.60 bits per heavy atom. The molecule has 4 nitrogen and oxygen atoms in total. The molecule has 2 heterocycles. The van der Waals surface area contributed by atoms with Crippen LogP contribution < -0.4 is 5.73 Å².